The van der Waals surface area contributed by atoms with Crippen LogP contribution in [0.2, 0.25) is 0 Å². The first-order valence-electron chi connectivity index (χ1n) is 9.29. The number of ether oxygens (including phenoxy) is 2. The summed E-state index contributed by atoms with van der Waals surface area (Å²) in [6.07, 6.45) is 5.64. The number of nitrogens with zero attached hydrogens (tertiary/aromatic N) is 1. The summed E-state index contributed by atoms with van der Waals surface area (Å²) >= 11 is 0. The summed E-state index contributed by atoms with van der Waals surface area (Å²) in [7, 11) is 0. The van der Waals surface area contributed by atoms with Gasteiger partial charge in [-0.2, -0.15) is 0 Å². The zero-order valence-corrected chi connectivity index (χ0v) is 15.4. The second kappa shape index (κ2) is 7.40. The molecule has 3 aromatic rings. The van der Waals surface area contributed by atoms with Gasteiger partial charge in [0, 0.05) is 40.2 Å². The average molecular weight is 365 g/mol. The monoisotopic (exact) mass is 365 g/mol. The van der Waals surface area contributed by atoms with Gasteiger partial charge in [0.15, 0.2) is 0 Å². The molecule has 6 nitrogen and oxygen atoms in total. The SMILES string of the molecule is C=C(OCC)c1c[nH]c(=O)c2cc3ccnc(OC[C@@H]4CCCN4)c3cc12. The van der Waals surface area contributed by atoms with Gasteiger partial charge in [0.05, 0.1) is 6.61 Å². The van der Waals surface area contributed by atoms with Crippen LogP contribution in [-0.2, 0) is 4.74 Å². The van der Waals surface area contributed by atoms with Crippen molar-refractivity contribution in [2.45, 2.75) is 25.8 Å². The Morgan fingerprint density at radius 1 is 1.33 bits per heavy atom. The van der Waals surface area contributed by atoms with Crippen LogP contribution in [-0.4, -0.2) is 35.8 Å². The summed E-state index contributed by atoms with van der Waals surface area (Å²) in [6, 6.07) is 6.07. The van der Waals surface area contributed by atoms with E-state index in [2.05, 4.69) is 21.9 Å². The second-order valence-corrected chi connectivity index (χ2v) is 6.73. The molecular formula is C21H23N3O3. The number of fused-ring (bicyclic) bond motifs is 2. The minimum absolute atomic E-state index is 0.144. The fraction of sp³-hybridized carbons (Fsp3) is 0.333. The molecule has 27 heavy (non-hydrogen) atoms. The summed E-state index contributed by atoms with van der Waals surface area (Å²) in [5, 5.41) is 6.58. The van der Waals surface area contributed by atoms with E-state index in [0.717, 1.165) is 34.7 Å². The third-order valence-electron chi connectivity index (χ3n) is 4.95. The van der Waals surface area contributed by atoms with Crippen molar-refractivity contribution in [3.05, 3.63) is 53.1 Å². The molecule has 1 atom stereocenters. The molecule has 2 N–H and O–H groups in total. The Bertz CT molecular complexity index is 1050. The van der Waals surface area contributed by atoms with E-state index in [0.29, 0.717) is 36.3 Å². The van der Waals surface area contributed by atoms with Gasteiger partial charge in [-0.05, 0) is 49.9 Å². The fourth-order valence-electron chi connectivity index (χ4n) is 3.57. The summed E-state index contributed by atoms with van der Waals surface area (Å²) in [5.41, 5.74) is 0.620. The summed E-state index contributed by atoms with van der Waals surface area (Å²) in [4.78, 5) is 19.5. The average Bonchev–Trinajstić information content (AvgIpc) is 3.19. The van der Waals surface area contributed by atoms with E-state index in [4.69, 9.17) is 9.47 Å². The van der Waals surface area contributed by atoms with E-state index >= 15 is 0 Å². The molecule has 2 aromatic heterocycles. The third-order valence-corrected chi connectivity index (χ3v) is 4.95. The van der Waals surface area contributed by atoms with Crippen LogP contribution in [0.1, 0.15) is 25.3 Å². The lowest BCUT2D eigenvalue weighted by Crippen LogP contribution is -2.28. The van der Waals surface area contributed by atoms with Crippen LogP contribution >= 0.6 is 0 Å². The lowest BCUT2D eigenvalue weighted by atomic mass is 10.0. The zero-order chi connectivity index (χ0) is 18.8. The summed E-state index contributed by atoms with van der Waals surface area (Å²) < 4.78 is 11.6. The van der Waals surface area contributed by atoms with Gasteiger partial charge < -0.3 is 19.8 Å². The first-order chi connectivity index (χ1) is 13.2. The molecule has 4 rings (SSSR count). The van der Waals surface area contributed by atoms with Crippen molar-refractivity contribution >= 4 is 27.3 Å². The standard InChI is InChI=1S/C21H23N3O3/c1-3-26-13(2)19-11-24-20(25)18-9-14-6-8-23-21(16(14)10-17(18)19)27-12-15-5-4-7-22-15/h6,8-11,15,22H,2-5,7,12H2,1H3,(H,24,25)/t15-/m0/s1. The molecule has 0 radical (unpaired) electrons. The van der Waals surface area contributed by atoms with Crippen LogP contribution in [0, 0.1) is 0 Å². The summed E-state index contributed by atoms with van der Waals surface area (Å²) in [6.45, 7) is 8.02. The number of aromatic nitrogens is 2. The Hall–Kier alpha value is -2.86. The third kappa shape index (κ3) is 3.40. The molecular weight excluding hydrogens is 342 g/mol. The molecule has 1 fully saturated rings. The maximum Gasteiger partial charge on any atom is 0.255 e. The van der Waals surface area contributed by atoms with E-state index in [1.54, 1.807) is 12.4 Å². The molecule has 3 heterocycles. The molecule has 0 amide bonds. The van der Waals surface area contributed by atoms with Crippen molar-refractivity contribution in [3.8, 4) is 5.88 Å². The second-order valence-electron chi connectivity index (χ2n) is 6.73. The van der Waals surface area contributed by atoms with Crippen molar-refractivity contribution in [1.29, 1.82) is 0 Å². The van der Waals surface area contributed by atoms with Crippen LogP contribution in [0.15, 0.2) is 42.0 Å². The minimum atomic E-state index is -0.144. The maximum atomic E-state index is 12.4. The number of benzene rings is 1. The minimum Gasteiger partial charge on any atom is -0.494 e. The van der Waals surface area contributed by atoms with Crippen LogP contribution in [0.3, 0.4) is 0 Å². The summed E-state index contributed by atoms with van der Waals surface area (Å²) in [5.74, 6) is 1.11. The number of pyridine rings is 2. The largest absolute Gasteiger partial charge is 0.494 e. The van der Waals surface area contributed by atoms with Crippen molar-refractivity contribution < 1.29 is 9.47 Å². The van der Waals surface area contributed by atoms with E-state index in [9.17, 15) is 4.79 Å². The van der Waals surface area contributed by atoms with E-state index in [-0.39, 0.29) is 5.56 Å². The number of rotatable bonds is 6. The van der Waals surface area contributed by atoms with Crippen LogP contribution < -0.4 is 15.6 Å². The molecule has 6 heteroatoms. The topological polar surface area (TPSA) is 76.2 Å². The molecule has 0 saturated carbocycles. The van der Waals surface area contributed by atoms with Gasteiger partial charge in [-0.3, -0.25) is 4.79 Å². The molecule has 0 aliphatic carbocycles. The Labute approximate surface area is 157 Å². The highest BCUT2D eigenvalue weighted by atomic mass is 16.5. The maximum absolute atomic E-state index is 12.4. The van der Waals surface area contributed by atoms with Crippen molar-refractivity contribution in [2.75, 3.05) is 19.8 Å². The molecule has 1 aliphatic heterocycles. The van der Waals surface area contributed by atoms with E-state index in [1.165, 1.54) is 6.42 Å². The molecule has 1 saturated heterocycles. The Morgan fingerprint density at radius 2 is 2.22 bits per heavy atom. The van der Waals surface area contributed by atoms with Crippen LogP contribution in [0.25, 0.3) is 27.3 Å². The molecule has 0 unspecified atom stereocenters. The number of aromatic amines is 1. The Balaban J connectivity index is 1.81. The number of H-pyrrole nitrogens is 1. The first kappa shape index (κ1) is 17.5. The predicted octanol–water partition coefficient (Wildman–Crippen LogP) is 3.21. The van der Waals surface area contributed by atoms with Gasteiger partial charge in [-0.15, -0.1) is 0 Å². The highest BCUT2D eigenvalue weighted by molar-refractivity contribution is 6.03. The van der Waals surface area contributed by atoms with Gasteiger partial charge in [0.1, 0.15) is 12.4 Å². The van der Waals surface area contributed by atoms with Gasteiger partial charge in [0.25, 0.3) is 5.56 Å². The van der Waals surface area contributed by atoms with E-state index in [1.807, 2.05) is 25.1 Å². The van der Waals surface area contributed by atoms with Crippen molar-refractivity contribution in [2.24, 2.45) is 0 Å². The normalized spacial score (nSPS) is 16.7. The highest BCUT2D eigenvalue weighted by Crippen LogP contribution is 2.30. The highest BCUT2D eigenvalue weighted by Gasteiger charge is 2.17. The molecule has 0 bridgehead atoms. The Morgan fingerprint density at radius 3 is 3.00 bits per heavy atom. The van der Waals surface area contributed by atoms with Gasteiger partial charge in [-0.25, -0.2) is 4.98 Å². The lowest BCUT2D eigenvalue weighted by Gasteiger charge is -2.14. The quantitative estimate of drug-likeness (QED) is 0.518. The molecule has 1 aliphatic rings. The van der Waals surface area contributed by atoms with Crippen molar-refractivity contribution in [3.63, 3.8) is 0 Å². The van der Waals surface area contributed by atoms with Crippen LogP contribution in [0.5, 0.6) is 5.88 Å². The smallest absolute Gasteiger partial charge is 0.255 e. The molecule has 0 spiro atoms. The van der Waals surface area contributed by atoms with Crippen LogP contribution in [0.4, 0.5) is 0 Å². The molecule has 1 aromatic carbocycles. The number of hydrogen-bond donors (Lipinski definition) is 2. The number of hydrogen-bond acceptors (Lipinski definition) is 5. The van der Waals surface area contributed by atoms with Crippen molar-refractivity contribution in [1.82, 2.24) is 15.3 Å². The van der Waals surface area contributed by atoms with E-state index < -0.39 is 0 Å². The zero-order valence-electron chi connectivity index (χ0n) is 15.4. The van der Waals surface area contributed by atoms with Gasteiger partial charge >= 0.3 is 0 Å². The Kier molecular flexibility index (Phi) is 4.81. The lowest BCUT2D eigenvalue weighted by molar-refractivity contribution is 0.271. The van der Waals surface area contributed by atoms with Gasteiger partial charge in [0.2, 0.25) is 5.88 Å². The predicted molar refractivity (Wildman–Crippen MR) is 107 cm³/mol. The fourth-order valence-corrected chi connectivity index (χ4v) is 3.57. The molecule has 140 valence electrons. The van der Waals surface area contributed by atoms with Gasteiger partial charge in [-0.1, -0.05) is 6.58 Å². The number of nitrogens with one attached hydrogen (secondary N) is 2. The first-order valence-corrected chi connectivity index (χ1v) is 9.29.